The van der Waals surface area contributed by atoms with Crippen molar-refractivity contribution in [2.75, 3.05) is 12.4 Å². The second kappa shape index (κ2) is 7.30. The molecule has 1 N–H and O–H groups in total. The Bertz CT molecular complexity index is 745. The Labute approximate surface area is 142 Å². The summed E-state index contributed by atoms with van der Waals surface area (Å²) in [5.74, 6) is -0.142. The van der Waals surface area contributed by atoms with Gasteiger partial charge in [0.15, 0.2) is 0 Å². The van der Waals surface area contributed by atoms with Gasteiger partial charge in [0.05, 0.1) is 24.5 Å². The van der Waals surface area contributed by atoms with E-state index in [1.165, 1.54) is 25.3 Å². The highest BCUT2D eigenvalue weighted by atomic mass is 35.5. The number of ether oxygens (including phenoxy) is 1. The molecule has 6 nitrogen and oxygen atoms in total. The first-order chi connectivity index (χ1) is 10.9. The number of nitro groups is 1. The molecule has 0 unspecified atom stereocenters. The lowest BCUT2D eigenvalue weighted by Gasteiger charge is -2.09. The maximum absolute atomic E-state index is 12.1. The van der Waals surface area contributed by atoms with Gasteiger partial charge in [0.1, 0.15) is 11.4 Å². The third-order valence-electron chi connectivity index (χ3n) is 3.07. The van der Waals surface area contributed by atoms with Crippen molar-refractivity contribution in [3.8, 4) is 5.75 Å². The van der Waals surface area contributed by atoms with Crippen LogP contribution >= 0.6 is 23.2 Å². The lowest BCUT2D eigenvalue weighted by Crippen LogP contribution is -2.16. The van der Waals surface area contributed by atoms with E-state index in [4.69, 9.17) is 27.9 Å². The van der Waals surface area contributed by atoms with Crippen LogP contribution in [-0.2, 0) is 11.2 Å². The Kier molecular flexibility index (Phi) is 5.41. The molecule has 0 saturated carbocycles. The zero-order valence-electron chi connectivity index (χ0n) is 12.0. The van der Waals surface area contributed by atoms with Crippen LogP contribution < -0.4 is 10.1 Å². The molecule has 2 rings (SSSR count). The van der Waals surface area contributed by atoms with Gasteiger partial charge in [-0.1, -0.05) is 29.3 Å². The van der Waals surface area contributed by atoms with Crippen LogP contribution in [0.1, 0.15) is 5.56 Å². The van der Waals surface area contributed by atoms with Gasteiger partial charge in [0.2, 0.25) is 5.91 Å². The summed E-state index contributed by atoms with van der Waals surface area (Å²) in [6.07, 6.45) is -0.0955. The second-order valence-corrected chi connectivity index (χ2v) is 5.38. The number of hydrogen-bond donors (Lipinski definition) is 1. The van der Waals surface area contributed by atoms with Crippen molar-refractivity contribution in [1.29, 1.82) is 0 Å². The molecule has 0 atom stereocenters. The van der Waals surface area contributed by atoms with Crippen LogP contribution in [0.3, 0.4) is 0 Å². The number of benzene rings is 2. The van der Waals surface area contributed by atoms with Gasteiger partial charge in [-0.3, -0.25) is 14.9 Å². The molecule has 0 aromatic heterocycles. The maximum Gasteiger partial charge on any atom is 0.296 e. The Morgan fingerprint density at radius 2 is 1.91 bits per heavy atom. The highest BCUT2D eigenvalue weighted by Gasteiger charge is 2.18. The molecule has 0 fully saturated rings. The number of amides is 1. The van der Waals surface area contributed by atoms with Crippen molar-refractivity contribution in [1.82, 2.24) is 0 Å². The van der Waals surface area contributed by atoms with Gasteiger partial charge in [0.25, 0.3) is 5.69 Å². The number of halogens is 2. The van der Waals surface area contributed by atoms with E-state index in [0.717, 1.165) is 0 Å². The molecule has 0 radical (unpaired) electrons. The predicted octanol–water partition coefficient (Wildman–Crippen LogP) is 4.09. The minimum atomic E-state index is -0.597. The van der Waals surface area contributed by atoms with Gasteiger partial charge >= 0.3 is 0 Å². The van der Waals surface area contributed by atoms with Crippen molar-refractivity contribution < 1.29 is 14.5 Å². The molecule has 0 spiro atoms. The molecule has 0 heterocycles. The van der Waals surface area contributed by atoms with E-state index in [0.29, 0.717) is 21.4 Å². The Morgan fingerprint density at radius 1 is 1.26 bits per heavy atom. The molecule has 0 aliphatic carbocycles. The first kappa shape index (κ1) is 17.1. The Balaban J connectivity index is 2.22. The van der Waals surface area contributed by atoms with Crippen LogP contribution in [0.5, 0.6) is 5.75 Å². The van der Waals surface area contributed by atoms with E-state index >= 15 is 0 Å². The molecule has 0 aliphatic rings. The number of hydrogen-bond acceptors (Lipinski definition) is 4. The molecule has 2 aromatic rings. The zero-order valence-corrected chi connectivity index (χ0v) is 13.5. The quantitative estimate of drug-likeness (QED) is 0.647. The number of nitrogens with one attached hydrogen (secondary N) is 1. The maximum atomic E-state index is 12.1. The molecule has 0 saturated heterocycles. The topological polar surface area (TPSA) is 81.5 Å². The number of anilines is 1. The van der Waals surface area contributed by atoms with Gasteiger partial charge in [-0.05, 0) is 29.8 Å². The largest absolute Gasteiger partial charge is 0.496 e. The number of nitrogens with zero attached hydrogens (tertiary/aromatic N) is 1. The molecule has 23 heavy (non-hydrogen) atoms. The average molecular weight is 355 g/mol. The number of rotatable bonds is 5. The predicted molar refractivity (Wildman–Crippen MR) is 88.4 cm³/mol. The summed E-state index contributed by atoms with van der Waals surface area (Å²) in [4.78, 5) is 22.6. The Morgan fingerprint density at radius 3 is 2.48 bits per heavy atom. The van der Waals surface area contributed by atoms with Crippen LogP contribution in [0.15, 0.2) is 36.4 Å². The van der Waals surface area contributed by atoms with Crippen LogP contribution in [0, 0.1) is 10.1 Å². The van der Waals surface area contributed by atoms with Crippen molar-refractivity contribution >= 4 is 40.5 Å². The first-order valence-electron chi connectivity index (χ1n) is 6.47. The fourth-order valence-electron chi connectivity index (χ4n) is 1.95. The summed E-state index contributed by atoms with van der Waals surface area (Å²) < 4.78 is 4.94. The minimum absolute atomic E-state index is 0.0731. The van der Waals surface area contributed by atoms with E-state index in [2.05, 4.69) is 5.32 Å². The van der Waals surface area contributed by atoms with Crippen LogP contribution in [0.25, 0.3) is 0 Å². The normalized spacial score (nSPS) is 10.2. The first-order valence-corrected chi connectivity index (χ1v) is 7.23. The number of carbonyl (C=O) groups is 1. The molecule has 0 aliphatic heterocycles. The molecule has 120 valence electrons. The number of carbonyl (C=O) groups excluding carboxylic acids is 1. The van der Waals surface area contributed by atoms with Crippen molar-refractivity contribution in [2.24, 2.45) is 0 Å². The van der Waals surface area contributed by atoms with Gasteiger partial charge in [0, 0.05) is 10.0 Å². The third kappa shape index (κ3) is 4.12. The van der Waals surface area contributed by atoms with Crippen molar-refractivity contribution in [2.45, 2.75) is 6.42 Å². The van der Waals surface area contributed by atoms with E-state index in [9.17, 15) is 14.9 Å². The standard InChI is InChI=1S/C15H12Cl2N2O4/c1-23-9-5-6-13(14(7-9)19(21)22)18-15(20)8-10-11(16)3-2-4-12(10)17/h2-7H,8H2,1H3,(H,18,20). The van der Waals surface area contributed by atoms with Crippen molar-refractivity contribution in [3.63, 3.8) is 0 Å². The highest BCUT2D eigenvalue weighted by molar-refractivity contribution is 6.36. The number of methoxy groups -OCH3 is 1. The average Bonchev–Trinajstić information content (AvgIpc) is 2.51. The smallest absolute Gasteiger partial charge is 0.296 e. The zero-order chi connectivity index (χ0) is 17.0. The third-order valence-corrected chi connectivity index (χ3v) is 3.78. The Hall–Kier alpha value is -2.31. The van der Waals surface area contributed by atoms with E-state index < -0.39 is 10.8 Å². The molecular weight excluding hydrogens is 343 g/mol. The second-order valence-electron chi connectivity index (χ2n) is 4.57. The molecule has 8 heteroatoms. The fraction of sp³-hybridized carbons (Fsp3) is 0.133. The highest BCUT2D eigenvalue weighted by Crippen LogP contribution is 2.30. The van der Waals surface area contributed by atoms with Crippen LogP contribution in [-0.4, -0.2) is 17.9 Å². The number of nitro benzene ring substituents is 1. The summed E-state index contributed by atoms with van der Waals surface area (Å²) in [5, 5.41) is 14.3. The molecule has 2 aromatic carbocycles. The molecule has 0 bridgehead atoms. The minimum Gasteiger partial charge on any atom is -0.496 e. The van der Waals surface area contributed by atoms with Gasteiger partial charge in [-0.25, -0.2) is 0 Å². The summed E-state index contributed by atoms with van der Waals surface area (Å²) >= 11 is 12.0. The summed E-state index contributed by atoms with van der Waals surface area (Å²) in [5.41, 5.74) is 0.274. The van der Waals surface area contributed by atoms with Gasteiger partial charge < -0.3 is 10.1 Å². The monoisotopic (exact) mass is 354 g/mol. The van der Waals surface area contributed by atoms with Crippen LogP contribution in [0.2, 0.25) is 10.0 Å². The lowest BCUT2D eigenvalue weighted by atomic mass is 10.1. The summed E-state index contributed by atoms with van der Waals surface area (Å²) in [6.45, 7) is 0. The van der Waals surface area contributed by atoms with E-state index in [1.807, 2.05) is 0 Å². The SMILES string of the molecule is COc1ccc(NC(=O)Cc2c(Cl)cccc2Cl)c([N+](=O)[O-])c1. The van der Waals surface area contributed by atoms with E-state index in [-0.39, 0.29) is 17.8 Å². The summed E-state index contributed by atoms with van der Waals surface area (Å²) in [7, 11) is 1.40. The van der Waals surface area contributed by atoms with Crippen LogP contribution in [0.4, 0.5) is 11.4 Å². The fourth-order valence-corrected chi connectivity index (χ4v) is 2.48. The lowest BCUT2D eigenvalue weighted by molar-refractivity contribution is -0.384. The summed E-state index contributed by atoms with van der Waals surface area (Å²) in [6, 6.07) is 9.06. The van der Waals surface area contributed by atoms with Crippen molar-refractivity contribution in [3.05, 3.63) is 62.1 Å². The van der Waals surface area contributed by atoms with E-state index in [1.54, 1.807) is 18.2 Å². The van der Waals surface area contributed by atoms with Gasteiger partial charge in [-0.15, -0.1) is 0 Å². The van der Waals surface area contributed by atoms with Gasteiger partial charge in [-0.2, -0.15) is 0 Å². The molecule has 1 amide bonds. The molecular formula is C15H12Cl2N2O4.